The first-order valence-electron chi connectivity index (χ1n) is 6.51. The summed E-state index contributed by atoms with van der Waals surface area (Å²) in [7, 11) is -3.83. The summed E-state index contributed by atoms with van der Waals surface area (Å²) in [5.74, 6) is -0.469. The van der Waals surface area contributed by atoms with Crippen molar-refractivity contribution in [1.82, 2.24) is 0 Å². The van der Waals surface area contributed by atoms with Gasteiger partial charge in [0.05, 0.1) is 10.6 Å². The van der Waals surface area contributed by atoms with Crippen LogP contribution in [0.1, 0.15) is 25.7 Å². The van der Waals surface area contributed by atoms with Gasteiger partial charge in [-0.15, -0.1) is 0 Å². The Labute approximate surface area is 117 Å². The molecule has 3 rings (SSSR count). The number of benzene rings is 1. The van der Waals surface area contributed by atoms with Gasteiger partial charge < -0.3 is 4.90 Å². The second-order valence-corrected chi connectivity index (χ2v) is 6.82. The summed E-state index contributed by atoms with van der Waals surface area (Å²) in [5.41, 5.74) is 0.879. The lowest BCUT2D eigenvalue weighted by molar-refractivity contribution is 0.598. The lowest BCUT2D eigenvalue weighted by Gasteiger charge is -2.32. The first kappa shape index (κ1) is 13.1. The van der Waals surface area contributed by atoms with E-state index in [1.807, 2.05) is 6.07 Å². The van der Waals surface area contributed by atoms with E-state index in [9.17, 15) is 18.1 Å². The fourth-order valence-corrected chi connectivity index (χ4v) is 4.38. The molecule has 0 aliphatic carbocycles. The molecule has 1 aromatic carbocycles. The highest BCUT2D eigenvalue weighted by Crippen LogP contribution is 2.41. The lowest BCUT2D eigenvalue weighted by Crippen LogP contribution is -2.31. The molecule has 0 radical (unpaired) electrons. The van der Waals surface area contributed by atoms with Gasteiger partial charge >= 0.3 is 0 Å². The maximum atomic E-state index is 13.5. The van der Waals surface area contributed by atoms with Gasteiger partial charge in [-0.1, -0.05) is 6.42 Å². The van der Waals surface area contributed by atoms with Gasteiger partial charge in [0, 0.05) is 12.2 Å². The van der Waals surface area contributed by atoms with E-state index in [-0.39, 0.29) is 9.80 Å². The van der Waals surface area contributed by atoms with Crippen molar-refractivity contribution in [2.45, 2.75) is 30.6 Å². The third kappa shape index (κ3) is 1.81. The zero-order valence-electron chi connectivity index (χ0n) is 10.8. The van der Waals surface area contributed by atoms with Gasteiger partial charge in [0.15, 0.2) is 4.91 Å². The molecule has 0 bridgehead atoms. The van der Waals surface area contributed by atoms with Crippen LogP contribution in [0.2, 0.25) is 0 Å². The Morgan fingerprint density at radius 1 is 1.25 bits per heavy atom. The molecule has 0 aromatic heterocycles. The maximum Gasteiger partial charge on any atom is 0.220 e. The summed E-state index contributed by atoms with van der Waals surface area (Å²) in [6.07, 6.45) is 3.26. The Balaban J connectivity index is 2.33. The second-order valence-electron chi connectivity index (χ2n) is 4.97. The minimum absolute atomic E-state index is 0.0288. The normalized spacial score (nSPS) is 20.7. The van der Waals surface area contributed by atoms with Gasteiger partial charge in [0.25, 0.3) is 0 Å². The van der Waals surface area contributed by atoms with E-state index in [1.54, 1.807) is 4.90 Å². The molecule has 0 saturated carbocycles. The Morgan fingerprint density at radius 2 is 2.05 bits per heavy atom. The summed E-state index contributed by atoms with van der Waals surface area (Å²) in [6.45, 7) is 0.618. The van der Waals surface area contributed by atoms with Crippen molar-refractivity contribution >= 4 is 15.5 Å². The molecule has 20 heavy (non-hydrogen) atoms. The molecule has 1 fully saturated rings. The zero-order chi connectivity index (χ0) is 14.3. The summed E-state index contributed by atoms with van der Waals surface area (Å²) in [5, 5.41) is 9.25. The van der Waals surface area contributed by atoms with E-state index < -0.39 is 15.7 Å². The number of halogens is 1. The molecule has 0 N–H and O–H groups in total. The van der Waals surface area contributed by atoms with Crippen molar-refractivity contribution in [3.63, 3.8) is 0 Å². The van der Waals surface area contributed by atoms with Crippen molar-refractivity contribution < 1.29 is 12.8 Å². The summed E-state index contributed by atoms with van der Waals surface area (Å²) in [4.78, 5) is 1.64. The number of hydrogen-bond acceptors (Lipinski definition) is 4. The van der Waals surface area contributed by atoms with Crippen LogP contribution in [0.3, 0.4) is 0 Å². The molecule has 1 aromatic rings. The number of nitrogens with zero attached hydrogens (tertiary/aromatic N) is 2. The lowest BCUT2D eigenvalue weighted by atomic mass is 10.2. The van der Waals surface area contributed by atoms with Crippen LogP contribution in [0, 0.1) is 17.1 Å². The van der Waals surface area contributed by atoms with Gasteiger partial charge in [-0.05, 0) is 37.5 Å². The molecule has 2 aliphatic heterocycles. The highest BCUT2D eigenvalue weighted by molar-refractivity contribution is 7.95. The Morgan fingerprint density at radius 3 is 2.80 bits per heavy atom. The van der Waals surface area contributed by atoms with E-state index in [0.29, 0.717) is 24.4 Å². The van der Waals surface area contributed by atoms with Gasteiger partial charge in [-0.2, -0.15) is 5.26 Å². The van der Waals surface area contributed by atoms with Gasteiger partial charge in [0.1, 0.15) is 11.9 Å². The minimum atomic E-state index is -3.83. The number of nitriles is 1. The fourth-order valence-electron chi connectivity index (χ4n) is 2.83. The summed E-state index contributed by atoms with van der Waals surface area (Å²) >= 11 is 0. The zero-order valence-corrected chi connectivity index (χ0v) is 11.6. The average Bonchev–Trinajstić information content (AvgIpc) is 2.64. The standard InChI is InChI=1S/C14H13FN2O2S/c15-10-5-6-13-12(8-10)17-7-3-1-2-4-11(17)14(9-16)20(13,18)19/h5-6,8H,1-4,7H2. The van der Waals surface area contributed by atoms with E-state index in [0.717, 1.165) is 25.3 Å². The Bertz CT molecular complexity index is 747. The molecule has 0 unspecified atom stereocenters. The molecule has 4 nitrogen and oxygen atoms in total. The first-order valence-corrected chi connectivity index (χ1v) is 7.99. The van der Waals surface area contributed by atoms with Crippen LogP contribution in [0.4, 0.5) is 10.1 Å². The molecule has 1 saturated heterocycles. The molecule has 0 amide bonds. The van der Waals surface area contributed by atoms with Crippen LogP contribution < -0.4 is 4.90 Å². The van der Waals surface area contributed by atoms with Crippen LogP contribution in [0.5, 0.6) is 0 Å². The highest BCUT2D eigenvalue weighted by atomic mass is 32.2. The predicted molar refractivity (Wildman–Crippen MR) is 72.0 cm³/mol. The number of sulfone groups is 1. The van der Waals surface area contributed by atoms with E-state index >= 15 is 0 Å². The molecule has 2 aliphatic rings. The van der Waals surface area contributed by atoms with Crippen LogP contribution in [0.15, 0.2) is 33.7 Å². The van der Waals surface area contributed by atoms with Crippen LogP contribution in [-0.4, -0.2) is 15.0 Å². The first-order chi connectivity index (χ1) is 9.55. The highest BCUT2D eigenvalue weighted by Gasteiger charge is 2.37. The Hall–Kier alpha value is -1.87. The molecule has 6 heteroatoms. The largest absolute Gasteiger partial charge is 0.342 e. The predicted octanol–water partition coefficient (Wildman–Crippen LogP) is 2.73. The van der Waals surface area contributed by atoms with Crippen LogP contribution in [0.25, 0.3) is 0 Å². The van der Waals surface area contributed by atoms with Gasteiger partial charge in [-0.25, -0.2) is 12.8 Å². The van der Waals surface area contributed by atoms with Crippen LogP contribution in [-0.2, 0) is 9.84 Å². The van der Waals surface area contributed by atoms with Crippen molar-refractivity contribution in [3.8, 4) is 6.07 Å². The molecule has 0 spiro atoms. The van der Waals surface area contributed by atoms with E-state index in [4.69, 9.17) is 0 Å². The third-order valence-corrected chi connectivity index (χ3v) is 5.54. The number of allylic oxidation sites excluding steroid dienone is 2. The maximum absolute atomic E-state index is 13.5. The third-order valence-electron chi connectivity index (χ3n) is 3.75. The topological polar surface area (TPSA) is 61.2 Å². The molecule has 0 atom stereocenters. The molecular weight excluding hydrogens is 279 g/mol. The second kappa shape index (κ2) is 4.60. The number of rotatable bonds is 0. The molecule has 104 valence electrons. The number of anilines is 1. The summed E-state index contributed by atoms with van der Waals surface area (Å²) in [6, 6.07) is 5.44. The summed E-state index contributed by atoms with van der Waals surface area (Å²) < 4.78 is 38.5. The monoisotopic (exact) mass is 292 g/mol. The van der Waals surface area contributed by atoms with Crippen molar-refractivity contribution in [2.24, 2.45) is 0 Å². The quantitative estimate of drug-likeness (QED) is 0.690. The number of fused-ring (bicyclic) bond motifs is 3. The van der Waals surface area contributed by atoms with Crippen molar-refractivity contribution in [2.75, 3.05) is 11.4 Å². The van der Waals surface area contributed by atoms with Gasteiger partial charge in [0.2, 0.25) is 9.84 Å². The number of hydrogen-bond donors (Lipinski definition) is 0. The van der Waals surface area contributed by atoms with Crippen LogP contribution >= 0.6 is 0 Å². The van der Waals surface area contributed by atoms with E-state index in [1.165, 1.54) is 12.1 Å². The van der Waals surface area contributed by atoms with Crippen molar-refractivity contribution in [1.29, 1.82) is 5.26 Å². The smallest absolute Gasteiger partial charge is 0.220 e. The Kier molecular flexibility index (Phi) is 3.02. The average molecular weight is 292 g/mol. The molecular formula is C14H13FN2O2S. The van der Waals surface area contributed by atoms with Crippen molar-refractivity contribution in [3.05, 3.63) is 34.6 Å². The van der Waals surface area contributed by atoms with Gasteiger partial charge in [-0.3, -0.25) is 0 Å². The SMILES string of the molecule is N#CC1=C2CCCCCN2c2cc(F)ccc2S1(=O)=O. The molecule has 2 heterocycles. The van der Waals surface area contributed by atoms with E-state index in [2.05, 4.69) is 0 Å². The fraction of sp³-hybridized carbons (Fsp3) is 0.357. The minimum Gasteiger partial charge on any atom is -0.342 e.